The van der Waals surface area contributed by atoms with Gasteiger partial charge in [-0.1, -0.05) is 62.4 Å². The SMILES string of the molecule is CC(C)C[C@@H](NC(=O)[C@H](Cc1c[nH]c2ccccc12)NC(=O)[C@@H](Cc1ccc(O)cc1)NC(=O)[C@H](CO)NC(=O)[C@@H](Cc1c[nH]c2ccccc12)NC(=O)[C@@H](N)Cc1cnc[nH]1)C(=O)N[C@@H](CCCN=C(N)N)C(=O)N1CCC[C@H]1C(=O)NCC(N)=O.O=C(O)C(F)(F)F. The van der Waals surface area contributed by atoms with Crippen molar-refractivity contribution in [3.63, 3.8) is 0 Å². The summed E-state index contributed by atoms with van der Waals surface area (Å²) >= 11 is 0. The molecule has 1 fully saturated rings. The average Bonchev–Trinajstić information content (AvgIpc) is 1.62. The van der Waals surface area contributed by atoms with Gasteiger partial charge in [0, 0.05) is 84.9 Å². The Morgan fingerprint density at radius 3 is 1.69 bits per heavy atom. The Bertz CT molecular complexity index is 3630. The number of aliphatic carboxylic acids is 1. The topological polar surface area (TPSA) is 496 Å². The van der Waals surface area contributed by atoms with E-state index in [2.05, 4.69) is 62.1 Å². The van der Waals surface area contributed by atoms with Gasteiger partial charge in [0.05, 0.1) is 25.5 Å². The van der Waals surface area contributed by atoms with E-state index in [1.165, 1.54) is 41.7 Å². The van der Waals surface area contributed by atoms with Gasteiger partial charge in [-0.2, -0.15) is 13.2 Å². The van der Waals surface area contributed by atoms with Crippen molar-refractivity contribution in [2.24, 2.45) is 33.8 Å². The van der Waals surface area contributed by atoms with Crippen LogP contribution in [0.1, 0.15) is 68.3 Å². The van der Waals surface area contributed by atoms with E-state index < -0.39 is 127 Å². The third-order valence-corrected chi connectivity index (χ3v) is 15.0. The van der Waals surface area contributed by atoms with Crippen LogP contribution in [-0.4, -0.2) is 186 Å². The van der Waals surface area contributed by atoms with Gasteiger partial charge in [-0.05, 0) is 79.0 Å². The Balaban J connectivity index is 0.00000189. The fourth-order valence-corrected chi connectivity index (χ4v) is 10.4. The van der Waals surface area contributed by atoms with Crippen LogP contribution in [0.4, 0.5) is 13.2 Å². The van der Waals surface area contributed by atoms with Gasteiger partial charge in [0.15, 0.2) is 5.96 Å². The molecule has 0 unspecified atom stereocenters. The molecule has 6 aromatic rings. The number of aliphatic hydroxyl groups excluding tert-OH is 1. The van der Waals surface area contributed by atoms with Gasteiger partial charge in [0.1, 0.15) is 48.0 Å². The zero-order chi connectivity index (χ0) is 68.8. The van der Waals surface area contributed by atoms with Crippen LogP contribution < -0.4 is 60.2 Å². The van der Waals surface area contributed by atoms with Crippen LogP contribution in [0.5, 0.6) is 5.75 Å². The molecule has 33 heteroatoms. The average molecular weight is 1310 g/mol. The maximum absolute atomic E-state index is 15.0. The van der Waals surface area contributed by atoms with E-state index in [0.717, 1.165) is 10.9 Å². The second-order valence-corrected chi connectivity index (χ2v) is 22.7. The van der Waals surface area contributed by atoms with E-state index in [-0.39, 0.29) is 82.1 Å². The smallest absolute Gasteiger partial charge is 0.490 e. The number of aliphatic imine (C=N–C) groups is 1. The molecule has 0 saturated carbocycles. The van der Waals surface area contributed by atoms with Crippen molar-refractivity contribution >= 4 is 86.9 Å². The molecule has 3 aromatic carbocycles. The van der Waals surface area contributed by atoms with Gasteiger partial charge in [-0.25, -0.2) is 9.78 Å². The Kier molecular flexibility index (Phi) is 26.4. The lowest BCUT2D eigenvalue weighted by Gasteiger charge is -2.30. The van der Waals surface area contributed by atoms with Gasteiger partial charge >= 0.3 is 12.1 Å². The van der Waals surface area contributed by atoms with Gasteiger partial charge in [0.25, 0.3) is 0 Å². The van der Waals surface area contributed by atoms with Crippen LogP contribution in [0, 0.1) is 5.92 Å². The maximum atomic E-state index is 15.0. The number of guanidine groups is 1. The molecule has 3 aromatic heterocycles. The number of likely N-dealkylation sites (tertiary alicyclic amines) is 1. The van der Waals surface area contributed by atoms with E-state index in [9.17, 15) is 66.5 Å². The van der Waals surface area contributed by atoms with E-state index in [1.807, 2.05) is 56.3 Å². The third kappa shape index (κ3) is 21.5. The highest BCUT2D eigenvalue weighted by molar-refractivity contribution is 5.99. The first kappa shape index (κ1) is 72.5. The number of carbonyl (C=O) groups is 10. The van der Waals surface area contributed by atoms with Crippen LogP contribution in [0.15, 0.2) is 103 Å². The second kappa shape index (κ2) is 34.2. The molecular formula is C61H78F3N17O13. The number of fused-ring (bicyclic) bond motifs is 2. The fourth-order valence-electron chi connectivity index (χ4n) is 10.4. The van der Waals surface area contributed by atoms with E-state index >= 15 is 0 Å². The number of carboxylic acid groups (broad SMARTS) is 1. The summed E-state index contributed by atoms with van der Waals surface area (Å²) in [6, 6.07) is 9.54. The highest BCUT2D eigenvalue weighted by atomic mass is 19.4. The molecule has 0 spiro atoms. The first-order valence-electron chi connectivity index (χ1n) is 29.9. The number of halogens is 3. The lowest BCUT2D eigenvalue weighted by atomic mass is 9.99. The summed E-state index contributed by atoms with van der Waals surface area (Å²) < 4.78 is 31.7. The van der Waals surface area contributed by atoms with E-state index in [4.69, 9.17) is 32.8 Å². The summed E-state index contributed by atoms with van der Waals surface area (Å²) in [7, 11) is 0. The summed E-state index contributed by atoms with van der Waals surface area (Å²) in [5, 5.41) is 48.2. The molecule has 4 heterocycles. The number of H-pyrrole nitrogens is 3. The molecule has 1 saturated heterocycles. The number of nitrogens with two attached hydrogens (primary N) is 4. The number of alkyl halides is 3. The molecule has 0 radical (unpaired) electrons. The number of imidazole rings is 1. The van der Waals surface area contributed by atoms with Crippen molar-refractivity contribution < 1.29 is 76.4 Å². The highest BCUT2D eigenvalue weighted by Gasteiger charge is 2.40. The molecule has 8 atom stereocenters. The number of phenols is 1. The van der Waals surface area contributed by atoms with Crippen LogP contribution in [0.25, 0.3) is 21.8 Å². The summed E-state index contributed by atoms with van der Waals surface area (Å²) in [5.41, 5.74) is 26.4. The Morgan fingerprint density at radius 2 is 1.18 bits per heavy atom. The predicted molar refractivity (Wildman–Crippen MR) is 335 cm³/mol. The number of aromatic amines is 3. The van der Waals surface area contributed by atoms with Crippen molar-refractivity contribution in [2.45, 2.75) is 126 Å². The number of carbonyl (C=O) groups excluding carboxylic acids is 9. The van der Waals surface area contributed by atoms with Crippen molar-refractivity contribution in [3.05, 3.63) is 120 Å². The number of nitrogens with zero attached hydrogens (tertiary/aromatic N) is 3. The lowest BCUT2D eigenvalue weighted by Crippen LogP contribution is -2.61. The van der Waals surface area contributed by atoms with Gasteiger partial charge < -0.3 is 95.3 Å². The zero-order valence-electron chi connectivity index (χ0n) is 51.3. The predicted octanol–water partition coefficient (Wildman–Crippen LogP) is -1.10. The number of benzene rings is 3. The molecule has 0 bridgehead atoms. The number of nitrogens with one attached hydrogen (secondary N) is 10. The van der Waals surface area contributed by atoms with Crippen molar-refractivity contribution in [1.29, 1.82) is 0 Å². The number of phenolic OH excluding ortho intramolecular Hbond substituents is 1. The van der Waals surface area contributed by atoms with Crippen LogP contribution >= 0.6 is 0 Å². The number of rotatable bonds is 31. The largest absolute Gasteiger partial charge is 0.508 e. The first-order valence-corrected chi connectivity index (χ1v) is 29.9. The van der Waals surface area contributed by atoms with Crippen LogP contribution in [0.2, 0.25) is 0 Å². The number of aromatic hydroxyl groups is 1. The number of primary amides is 1. The molecule has 94 heavy (non-hydrogen) atoms. The van der Waals surface area contributed by atoms with E-state index in [0.29, 0.717) is 39.7 Å². The van der Waals surface area contributed by atoms with Gasteiger partial charge in [-0.3, -0.25) is 48.1 Å². The summed E-state index contributed by atoms with van der Waals surface area (Å²) in [6.45, 7) is 2.45. The maximum Gasteiger partial charge on any atom is 0.490 e. The van der Waals surface area contributed by atoms with Gasteiger partial charge in [0.2, 0.25) is 53.2 Å². The summed E-state index contributed by atoms with van der Waals surface area (Å²) in [6.07, 6.45) is 1.74. The molecule has 9 amide bonds. The minimum atomic E-state index is -5.08. The van der Waals surface area contributed by atoms with E-state index in [1.54, 1.807) is 18.5 Å². The standard InChI is InChI=1S/C59H77N17O11.C2HF3O2/c1-32(2)21-44(52(81)70-43(13-7-19-65-59(62)63)58(87)76-20-8-14-49(76)57(86)68-29-50(61)79)72-54(83)47(24-35-27-67-42-12-6-4-10-39(35)42)74-53(82)45(22-33-15-17-37(78)18-16-33)73-56(85)48(30-77)75-55(84)46(23-34-26-66-41-11-5-3-9-38(34)41)71-51(80)40(60)25-36-28-64-31-69-36;3-2(4,5)1(6)7/h3-6,9-12,15-18,26-28,31-32,40,43-49,66-67,77-78H,7-8,13-14,19-25,29-30,60H2,1-2H3,(H2,61,79)(H,64,69)(H,68,86)(H,70,81)(H,71,80)(H,72,83)(H,73,85)(H,74,82)(H,75,84)(H4,62,63,65);(H,6,7)/t40-,43-,44+,45+,46+,47-,48-,49-;/m0./s1. The third-order valence-electron chi connectivity index (χ3n) is 15.0. The second-order valence-electron chi connectivity index (χ2n) is 22.7. The molecule has 1 aliphatic heterocycles. The Labute approximate surface area is 535 Å². The molecule has 21 N–H and O–H groups in total. The Hall–Kier alpha value is -10.6. The molecule has 30 nitrogen and oxygen atoms in total. The number of aliphatic hydroxyl groups is 1. The van der Waals surface area contributed by atoms with Crippen molar-refractivity contribution in [1.82, 2.24) is 62.1 Å². The molecule has 506 valence electrons. The number of hydrogen-bond donors (Lipinski definition) is 17. The first-order chi connectivity index (χ1) is 44.6. The number of para-hydroxylation sites is 2. The Morgan fingerprint density at radius 1 is 0.681 bits per heavy atom. The van der Waals surface area contributed by atoms with Crippen LogP contribution in [0.3, 0.4) is 0 Å². The monoisotopic (exact) mass is 1310 g/mol. The minimum Gasteiger partial charge on any atom is -0.508 e. The molecule has 0 aliphatic carbocycles. The number of carboxylic acids is 1. The normalized spacial score (nSPS) is 15.1. The molecular weight excluding hydrogens is 1240 g/mol. The molecule has 1 aliphatic rings. The summed E-state index contributed by atoms with van der Waals surface area (Å²) in [4.78, 5) is 153. The fraction of sp³-hybridized carbons (Fsp3) is 0.410. The van der Waals surface area contributed by atoms with Crippen molar-refractivity contribution in [3.8, 4) is 5.75 Å². The number of amides is 9. The zero-order valence-corrected chi connectivity index (χ0v) is 51.3. The molecule has 7 rings (SSSR count). The highest BCUT2D eigenvalue weighted by Crippen LogP contribution is 2.24. The van der Waals surface area contributed by atoms with Gasteiger partial charge in [-0.15, -0.1) is 0 Å². The summed E-state index contributed by atoms with van der Waals surface area (Å²) in [5.74, 6) is -10.4. The minimum absolute atomic E-state index is 0.00812. The quantitative estimate of drug-likeness (QED) is 0.0140. The number of aromatic nitrogens is 4. The van der Waals surface area contributed by atoms with Crippen LogP contribution in [-0.2, 0) is 73.6 Å². The number of hydrogen-bond acceptors (Lipinski definition) is 15. The lowest BCUT2D eigenvalue weighted by molar-refractivity contribution is -0.192. The van der Waals surface area contributed by atoms with Crippen molar-refractivity contribution in [2.75, 3.05) is 26.2 Å².